The van der Waals surface area contributed by atoms with Gasteiger partial charge in [0, 0.05) is 4.47 Å². The van der Waals surface area contributed by atoms with Gasteiger partial charge in [-0.25, -0.2) is 4.98 Å². The molecule has 0 saturated heterocycles. The molecule has 1 aromatic heterocycles. The van der Waals surface area contributed by atoms with Crippen molar-refractivity contribution in [2.45, 2.75) is 18.9 Å². The molecule has 19 heavy (non-hydrogen) atoms. The first-order valence-electron chi connectivity index (χ1n) is 4.88. The maximum atomic E-state index is 12.7. The highest BCUT2D eigenvalue weighted by molar-refractivity contribution is 9.10. The summed E-state index contributed by atoms with van der Waals surface area (Å²) < 4.78 is 75.8. The summed E-state index contributed by atoms with van der Waals surface area (Å²) in [6, 6.07) is 3.80. The van der Waals surface area contributed by atoms with Crippen molar-refractivity contribution < 1.29 is 26.3 Å². The first-order chi connectivity index (χ1) is 8.58. The molecule has 0 spiro atoms. The van der Waals surface area contributed by atoms with Crippen LogP contribution in [0.3, 0.4) is 0 Å². The largest absolute Gasteiger partial charge is 0.449 e. The van der Waals surface area contributed by atoms with Gasteiger partial charge < -0.3 is 4.57 Å². The van der Waals surface area contributed by atoms with Gasteiger partial charge in [-0.2, -0.15) is 26.3 Å². The molecular formula is C10H5BrF6N2. The molecular weight excluding hydrogens is 342 g/mol. The van der Waals surface area contributed by atoms with E-state index >= 15 is 0 Å². The van der Waals surface area contributed by atoms with Crippen LogP contribution in [0.25, 0.3) is 11.0 Å². The minimum absolute atomic E-state index is 0.125. The molecule has 0 bridgehead atoms. The number of halogens is 7. The number of aromatic nitrogens is 2. The predicted octanol–water partition coefficient (Wildman–Crippen LogP) is 4.38. The van der Waals surface area contributed by atoms with Gasteiger partial charge in [0.1, 0.15) is 6.54 Å². The van der Waals surface area contributed by atoms with Crippen LogP contribution in [0.1, 0.15) is 5.82 Å². The summed E-state index contributed by atoms with van der Waals surface area (Å²) in [4.78, 5) is 3.23. The summed E-state index contributed by atoms with van der Waals surface area (Å²) in [5.74, 6) is -1.56. The highest BCUT2D eigenvalue weighted by Crippen LogP contribution is 2.34. The molecule has 2 nitrogen and oxygen atoms in total. The molecule has 0 aliphatic carbocycles. The van der Waals surface area contributed by atoms with E-state index in [1.807, 2.05) is 0 Å². The fraction of sp³-hybridized carbons (Fsp3) is 0.300. The van der Waals surface area contributed by atoms with Crippen molar-refractivity contribution in [1.29, 1.82) is 0 Å². The third-order valence-electron chi connectivity index (χ3n) is 2.30. The standard InChI is InChI=1S/C10H5BrF6N2/c11-5-1-2-6-7(3-5)19(4-9(12,13)14)8(18-6)10(15,16)17/h1-3H,4H2. The number of alkyl halides is 6. The van der Waals surface area contributed by atoms with Crippen LogP contribution in [0.4, 0.5) is 26.3 Å². The molecule has 2 aromatic rings. The van der Waals surface area contributed by atoms with E-state index in [0.29, 0.717) is 4.47 Å². The van der Waals surface area contributed by atoms with Crippen molar-refractivity contribution >= 4 is 27.0 Å². The number of imidazole rings is 1. The maximum absolute atomic E-state index is 12.7. The summed E-state index contributed by atoms with van der Waals surface area (Å²) in [7, 11) is 0. The first-order valence-corrected chi connectivity index (χ1v) is 5.67. The van der Waals surface area contributed by atoms with Gasteiger partial charge in [0.25, 0.3) is 0 Å². The first kappa shape index (κ1) is 14.2. The number of hydrogen-bond donors (Lipinski definition) is 0. The second-order valence-corrected chi connectivity index (χ2v) is 4.68. The summed E-state index contributed by atoms with van der Waals surface area (Å²) in [5, 5.41) is 0. The Bertz CT molecular complexity index is 613. The third-order valence-corrected chi connectivity index (χ3v) is 2.79. The third kappa shape index (κ3) is 3.02. The molecule has 2 rings (SSSR count). The SMILES string of the molecule is FC(F)(F)Cn1c(C(F)(F)F)nc2ccc(Br)cc21. The zero-order valence-electron chi connectivity index (χ0n) is 8.98. The van der Waals surface area contributed by atoms with E-state index in [1.165, 1.54) is 18.2 Å². The lowest BCUT2D eigenvalue weighted by Gasteiger charge is -2.13. The van der Waals surface area contributed by atoms with E-state index in [0.717, 1.165) is 0 Å². The van der Waals surface area contributed by atoms with E-state index in [4.69, 9.17) is 0 Å². The van der Waals surface area contributed by atoms with Crippen LogP contribution in [-0.4, -0.2) is 15.7 Å². The Balaban J connectivity index is 2.70. The molecule has 0 saturated carbocycles. The molecule has 1 heterocycles. The maximum Gasteiger partial charge on any atom is 0.449 e. The number of rotatable bonds is 1. The number of nitrogens with zero attached hydrogens (tertiary/aromatic N) is 2. The molecule has 0 atom stereocenters. The molecule has 0 aliphatic rings. The van der Waals surface area contributed by atoms with Crippen molar-refractivity contribution in [1.82, 2.24) is 9.55 Å². The van der Waals surface area contributed by atoms with Crippen molar-refractivity contribution in [3.63, 3.8) is 0 Å². The Kier molecular flexibility index (Phi) is 3.28. The Labute approximate surface area is 111 Å². The van der Waals surface area contributed by atoms with Gasteiger partial charge in [-0.15, -0.1) is 0 Å². The summed E-state index contributed by atoms with van der Waals surface area (Å²) >= 11 is 3.00. The Morgan fingerprint density at radius 3 is 2.26 bits per heavy atom. The quantitative estimate of drug-likeness (QED) is 0.700. The average molecular weight is 347 g/mol. The van der Waals surface area contributed by atoms with Gasteiger partial charge in [-0.3, -0.25) is 0 Å². The molecule has 0 radical (unpaired) electrons. The average Bonchev–Trinajstić information content (AvgIpc) is 2.54. The van der Waals surface area contributed by atoms with Crippen LogP contribution in [0.15, 0.2) is 22.7 Å². The van der Waals surface area contributed by atoms with E-state index in [2.05, 4.69) is 20.9 Å². The van der Waals surface area contributed by atoms with E-state index in [1.54, 1.807) is 0 Å². The molecule has 104 valence electrons. The fourth-order valence-corrected chi connectivity index (χ4v) is 2.00. The fourth-order valence-electron chi connectivity index (χ4n) is 1.65. The van der Waals surface area contributed by atoms with Gasteiger partial charge >= 0.3 is 12.4 Å². The van der Waals surface area contributed by atoms with Crippen LogP contribution < -0.4 is 0 Å². The Morgan fingerprint density at radius 1 is 1.11 bits per heavy atom. The van der Waals surface area contributed by atoms with Crippen LogP contribution in [0.2, 0.25) is 0 Å². The second kappa shape index (κ2) is 4.39. The highest BCUT2D eigenvalue weighted by atomic mass is 79.9. The van der Waals surface area contributed by atoms with Crippen molar-refractivity contribution in [3.8, 4) is 0 Å². The summed E-state index contributed by atoms with van der Waals surface area (Å²) in [6.45, 7) is -1.74. The van der Waals surface area contributed by atoms with E-state index in [-0.39, 0.29) is 15.6 Å². The smallest absolute Gasteiger partial charge is 0.311 e. The highest BCUT2D eigenvalue weighted by Gasteiger charge is 2.40. The zero-order chi connectivity index (χ0) is 14.4. The number of benzene rings is 1. The minimum atomic E-state index is -4.95. The zero-order valence-corrected chi connectivity index (χ0v) is 10.6. The van der Waals surface area contributed by atoms with Crippen LogP contribution in [-0.2, 0) is 12.7 Å². The lowest BCUT2D eigenvalue weighted by Crippen LogP contribution is -2.23. The van der Waals surface area contributed by atoms with Gasteiger partial charge in [-0.05, 0) is 18.2 Å². The Morgan fingerprint density at radius 2 is 1.74 bits per heavy atom. The van der Waals surface area contributed by atoms with Crippen LogP contribution in [0, 0.1) is 0 Å². The van der Waals surface area contributed by atoms with Crippen LogP contribution >= 0.6 is 15.9 Å². The molecule has 0 N–H and O–H groups in total. The molecule has 0 amide bonds. The van der Waals surface area contributed by atoms with E-state index in [9.17, 15) is 26.3 Å². The number of hydrogen-bond acceptors (Lipinski definition) is 1. The van der Waals surface area contributed by atoms with E-state index < -0.39 is 24.7 Å². The topological polar surface area (TPSA) is 17.8 Å². The van der Waals surface area contributed by atoms with Gasteiger partial charge in [0.05, 0.1) is 11.0 Å². The lowest BCUT2D eigenvalue weighted by molar-refractivity contribution is -0.160. The number of fused-ring (bicyclic) bond motifs is 1. The predicted molar refractivity (Wildman–Crippen MR) is 58.5 cm³/mol. The summed E-state index contributed by atoms with van der Waals surface area (Å²) in [5.41, 5.74) is -0.362. The summed E-state index contributed by atoms with van der Waals surface area (Å²) in [6.07, 6.45) is -9.72. The minimum Gasteiger partial charge on any atom is -0.311 e. The van der Waals surface area contributed by atoms with Crippen LogP contribution in [0.5, 0.6) is 0 Å². The Hall–Kier alpha value is -1.25. The lowest BCUT2D eigenvalue weighted by atomic mass is 10.3. The second-order valence-electron chi connectivity index (χ2n) is 3.77. The van der Waals surface area contributed by atoms with Gasteiger partial charge in [-0.1, -0.05) is 15.9 Å². The van der Waals surface area contributed by atoms with Crippen molar-refractivity contribution in [3.05, 3.63) is 28.5 Å². The molecule has 9 heteroatoms. The monoisotopic (exact) mass is 346 g/mol. The molecule has 0 fully saturated rings. The normalized spacial score (nSPS) is 13.2. The van der Waals surface area contributed by atoms with Gasteiger partial charge in [0.2, 0.25) is 5.82 Å². The molecule has 0 aliphatic heterocycles. The van der Waals surface area contributed by atoms with Crippen molar-refractivity contribution in [2.75, 3.05) is 0 Å². The van der Waals surface area contributed by atoms with Crippen molar-refractivity contribution in [2.24, 2.45) is 0 Å². The molecule has 0 unspecified atom stereocenters. The van der Waals surface area contributed by atoms with Gasteiger partial charge in [0.15, 0.2) is 0 Å². The molecule has 1 aromatic carbocycles.